The van der Waals surface area contributed by atoms with Gasteiger partial charge in [0.15, 0.2) is 0 Å². The van der Waals surface area contributed by atoms with Gasteiger partial charge in [0.25, 0.3) is 0 Å². The van der Waals surface area contributed by atoms with E-state index in [9.17, 15) is 0 Å². The molecule has 1 aliphatic heterocycles. The summed E-state index contributed by atoms with van der Waals surface area (Å²) in [4.78, 5) is 0. The normalized spacial score (nSPS) is 48.0. The molecule has 0 aliphatic carbocycles. The Morgan fingerprint density at radius 3 is 2.10 bits per heavy atom. The molecule has 0 bridgehead atoms. The van der Waals surface area contributed by atoms with Crippen molar-refractivity contribution < 1.29 is 20.1 Å². The Labute approximate surface area is 59.1 Å². The summed E-state index contributed by atoms with van der Waals surface area (Å²) in [7, 11) is 0. The van der Waals surface area contributed by atoms with E-state index in [2.05, 4.69) is 0 Å². The lowest BCUT2D eigenvalue weighted by Gasteiger charge is -2.10. The quantitative estimate of drug-likeness (QED) is 0.422. The zero-order valence-electron chi connectivity index (χ0n) is 5.77. The topological polar surface area (TPSA) is 69.9 Å². The second kappa shape index (κ2) is 2.84. The molecule has 0 saturated carbocycles. The fourth-order valence-corrected chi connectivity index (χ4v) is 1.09. The van der Waals surface area contributed by atoms with Gasteiger partial charge in [-0.15, -0.1) is 0 Å². The van der Waals surface area contributed by atoms with Gasteiger partial charge in [-0.3, -0.25) is 0 Å². The largest absolute Gasteiger partial charge is 0.394 e. The molecule has 0 aromatic heterocycles. The molecule has 0 aromatic carbocycles. The van der Waals surface area contributed by atoms with Crippen molar-refractivity contribution in [1.82, 2.24) is 0 Å². The molecule has 60 valence electrons. The van der Waals surface area contributed by atoms with Gasteiger partial charge in [-0.25, -0.2) is 0 Å². The van der Waals surface area contributed by atoms with Gasteiger partial charge in [0.05, 0.1) is 12.7 Å². The van der Waals surface area contributed by atoms with Crippen molar-refractivity contribution in [2.24, 2.45) is 0 Å². The zero-order valence-corrected chi connectivity index (χ0v) is 5.77. The van der Waals surface area contributed by atoms with Gasteiger partial charge in [-0.05, 0) is 6.92 Å². The molecule has 1 heterocycles. The third kappa shape index (κ3) is 1.15. The van der Waals surface area contributed by atoms with Crippen LogP contribution in [0.1, 0.15) is 6.92 Å². The van der Waals surface area contributed by atoms with Crippen molar-refractivity contribution in [2.75, 3.05) is 6.61 Å². The Morgan fingerprint density at radius 1 is 1.30 bits per heavy atom. The molecular weight excluding hydrogens is 136 g/mol. The highest BCUT2D eigenvalue weighted by atomic mass is 16.5. The molecule has 0 radical (unpaired) electrons. The summed E-state index contributed by atoms with van der Waals surface area (Å²) in [5.74, 6) is 0. The number of rotatable bonds is 1. The molecule has 10 heavy (non-hydrogen) atoms. The molecule has 1 rings (SSSR count). The highest BCUT2D eigenvalue weighted by molar-refractivity contribution is 4.87. The van der Waals surface area contributed by atoms with Crippen molar-refractivity contribution in [2.45, 2.75) is 31.3 Å². The summed E-state index contributed by atoms with van der Waals surface area (Å²) in [6, 6.07) is 0. The van der Waals surface area contributed by atoms with Crippen LogP contribution in [0, 0.1) is 0 Å². The molecule has 0 aromatic rings. The maximum Gasteiger partial charge on any atom is 0.111 e. The third-order valence-corrected chi connectivity index (χ3v) is 1.78. The highest BCUT2D eigenvalue weighted by Crippen LogP contribution is 2.19. The fourth-order valence-electron chi connectivity index (χ4n) is 1.09. The minimum atomic E-state index is -0.944. The monoisotopic (exact) mass is 148 g/mol. The van der Waals surface area contributed by atoms with Crippen LogP contribution in [0.5, 0.6) is 0 Å². The minimum absolute atomic E-state index is 0.247. The van der Waals surface area contributed by atoms with E-state index in [0.29, 0.717) is 0 Å². The molecule has 4 nitrogen and oxygen atoms in total. The van der Waals surface area contributed by atoms with Crippen LogP contribution >= 0.6 is 0 Å². The second-order valence-electron chi connectivity index (χ2n) is 2.54. The van der Waals surface area contributed by atoms with Crippen LogP contribution in [0.25, 0.3) is 0 Å². The summed E-state index contributed by atoms with van der Waals surface area (Å²) in [6.07, 6.45) is -2.81. The first kappa shape index (κ1) is 7.94. The first-order chi connectivity index (χ1) is 4.66. The van der Waals surface area contributed by atoms with Gasteiger partial charge < -0.3 is 20.1 Å². The van der Waals surface area contributed by atoms with E-state index in [0.717, 1.165) is 0 Å². The summed E-state index contributed by atoms with van der Waals surface area (Å²) >= 11 is 0. The van der Waals surface area contributed by atoms with E-state index in [4.69, 9.17) is 20.1 Å². The maximum absolute atomic E-state index is 9.09. The van der Waals surface area contributed by atoms with Crippen molar-refractivity contribution in [3.05, 3.63) is 0 Å². The van der Waals surface area contributed by atoms with Crippen molar-refractivity contribution in [1.29, 1.82) is 0 Å². The molecule has 1 fully saturated rings. The van der Waals surface area contributed by atoms with E-state index >= 15 is 0 Å². The molecule has 4 atom stereocenters. The Kier molecular flexibility index (Phi) is 2.25. The molecule has 1 unspecified atom stereocenters. The van der Waals surface area contributed by atoms with E-state index < -0.39 is 18.3 Å². The molecule has 0 spiro atoms. The smallest absolute Gasteiger partial charge is 0.111 e. The van der Waals surface area contributed by atoms with Gasteiger partial charge in [0.1, 0.15) is 18.3 Å². The predicted octanol–water partition coefficient (Wildman–Crippen LogP) is -1.51. The van der Waals surface area contributed by atoms with Gasteiger partial charge in [-0.1, -0.05) is 0 Å². The summed E-state index contributed by atoms with van der Waals surface area (Å²) in [5.41, 5.74) is 0. The van der Waals surface area contributed by atoms with Crippen LogP contribution in [0.2, 0.25) is 0 Å². The average molecular weight is 148 g/mol. The fraction of sp³-hybridized carbons (Fsp3) is 1.00. The molecular formula is C6H12O4. The maximum atomic E-state index is 9.09. The lowest BCUT2D eigenvalue weighted by molar-refractivity contribution is -0.0171. The Hall–Kier alpha value is -0.160. The van der Waals surface area contributed by atoms with Crippen LogP contribution in [0.15, 0.2) is 0 Å². The number of aliphatic hydroxyl groups excluding tert-OH is 3. The molecule has 4 heteroatoms. The van der Waals surface area contributed by atoms with E-state index in [-0.39, 0.29) is 12.7 Å². The van der Waals surface area contributed by atoms with Crippen LogP contribution in [-0.2, 0) is 4.74 Å². The summed E-state index contributed by atoms with van der Waals surface area (Å²) in [6.45, 7) is 1.41. The zero-order chi connectivity index (χ0) is 7.72. The predicted molar refractivity (Wildman–Crippen MR) is 33.4 cm³/mol. The molecule has 0 amide bonds. The van der Waals surface area contributed by atoms with Crippen LogP contribution in [0.4, 0.5) is 0 Å². The average Bonchev–Trinajstić information content (AvgIpc) is 2.17. The lowest BCUT2D eigenvalue weighted by atomic mass is 10.1. The van der Waals surface area contributed by atoms with Crippen LogP contribution < -0.4 is 0 Å². The number of hydrogen-bond acceptors (Lipinski definition) is 4. The van der Waals surface area contributed by atoms with Gasteiger partial charge in [0.2, 0.25) is 0 Å². The molecule has 3 N–H and O–H groups in total. The van der Waals surface area contributed by atoms with Gasteiger partial charge in [-0.2, -0.15) is 0 Å². The molecule has 1 aliphatic rings. The van der Waals surface area contributed by atoms with E-state index in [1.165, 1.54) is 0 Å². The van der Waals surface area contributed by atoms with E-state index in [1.54, 1.807) is 6.92 Å². The van der Waals surface area contributed by atoms with Gasteiger partial charge >= 0.3 is 0 Å². The second-order valence-corrected chi connectivity index (χ2v) is 2.54. The first-order valence-corrected chi connectivity index (χ1v) is 3.29. The van der Waals surface area contributed by atoms with Crippen molar-refractivity contribution in [3.8, 4) is 0 Å². The Bertz CT molecular complexity index is 116. The number of ether oxygens (including phenoxy) is 1. The highest BCUT2D eigenvalue weighted by Gasteiger charge is 2.39. The first-order valence-electron chi connectivity index (χ1n) is 3.29. The van der Waals surface area contributed by atoms with Crippen LogP contribution in [0.3, 0.4) is 0 Å². The van der Waals surface area contributed by atoms with E-state index in [1.807, 2.05) is 0 Å². The third-order valence-electron chi connectivity index (χ3n) is 1.78. The van der Waals surface area contributed by atoms with Gasteiger partial charge in [0, 0.05) is 0 Å². The SMILES string of the molecule is C[C@H]1O[C@H](CO)C(O)[C@@H]1O. The van der Waals surface area contributed by atoms with Crippen molar-refractivity contribution in [3.63, 3.8) is 0 Å². The lowest BCUT2D eigenvalue weighted by Crippen LogP contribution is -2.33. The summed E-state index contributed by atoms with van der Waals surface area (Å²) < 4.78 is 4.98. The standard InChI is InChI=1S/C6H12O4/c1-3-5(8)6(9)4(2-7)10-3/h3-9H,2H2,1H3/t3-,4-,5-,6?/m1/s1. The minimum Gasteiger partial charge on any atom is -0.394 e. The number of aliphatic hydroxyl groups is 3. The molecule has 1 saturated heterocycles. The Morgan fingerprint density at radius 2 is 1.90 bits per heavy atom. The Balaban J connectivity index is 2.53. The number of hydrogen-bond donors (Lipinski definition) is 3. The van der Waals surface area contributed by atoms with Crippen LogP contribution in [-0.4, -0.2) is 46.3 Å². The van der Waals surface area contributed by atoms with Crippen molar-refractivity contribution >= 4 is 0 Å². The summed E-state index contributed by atoms with van der Waals surface area (Å²) in [5, 5.41) is 26.8.